The van der Waals surface area contributed by atoms with E-state index in [4.69, 9.17) is 5.73 Å². The highest BCUT2D eigenvalue weighted by atomic mass is 15.3. The standard InChI is InChI=1S/C11H18N4/c1-11(12,8-5-6-8)10-14-13-9-4-2-3-7-15(9)10/h8H,2-7,12H2,1H3. The lowest BCUT2D eigenvalue weighted by atomic mass is 9.96. The highest BCUT2D eigenvalue weighted by Gasteiger charge is 2.43. The molecule has 2 heterocycles. The Hall–Kier alpha value is -0.900. The van der Waals surface area contributed by atoms with Gasteiger partial charge in [0.1, 0.15) is 5.82 Å². The molecule has 0 amide bonds. The fraction of sp³-hybridized carbons (Fsp3) is 0.818. The monoisotopic (exact) mass is 206 g/mol. The number of nitrogens with two attached hydrogens (primary N) is 1. The van der Waals surface area contributed by atoms with E-state index in [0.29, 0.717) is 5.92 Å². The van der Waals surface area contributed by atoms with Crippen LogP contribution in [0.4, 0.5) is 0 Å². The van der Waals surface area contributed by atoms with Crippen LogP contribution in [0.25, 0.3) is 0 Å². The summed E-state index contributed by atoms with van der Waals surface area (Å²) in [5, 5.41) is 8.58. The van der Waals surface area contributed by atoms with Crippen molar-refractivity contribution in [1.29, 1.82) is 0 Å². The Kier molecular flexibility index (Phi) is 1.89. The van der Waals surface area contributed by atoms with Crippen molar-refractivity contribution in [3.8, 4) is 0 Å². The van der Waals surface area contributed by atoms with E-state index >= 15 is 0 Å². The van der Waals surface area contributed by atoms with Gasteiger partial charge in [0.2, 0.25) is 0 Å². The Morgan fingerprint density at radius 1 is 1.33 bits per heavy atom. The van der Waals surface area contributed by atoms with E-state index in [0.717, 1.165) is 24.6 Å². The first-order valence-corrected chi connectivity index (χ1v) is 5.91. The van der Waals surface area contributed by atoms with Crippen LogP contribution in [0.2, 0.25) is 0 Å². The average Bonchev–Trinajstić information content (AvgIpc) is 2.98. The molecule has 1 saturated carbocycles. The van der Waals surface area contributed by atoms with Crippen LogP contribution in [0.15, 0.2) is 0 Å². The van der Waals surface area contributed by atoms with Gasteiger partial charge in [-0.25, -0.2) is 0 Å². The quantitative estimate of drug-likeness (QED) is 0.791. The van der Waals surface area contributed by atoms with Crippen LogP contribution in [0.1, 0.15) is 44.3 Å². The smallest absolute Gasteiger partial charge is 0.153 e. The normalized spacial score (nSPS) is 24.7. The lowest BCUT2D eigenvalue weighted by Gasteiger charge is -2.25. The molecule has 1 aromatic rings. The van der Waals surface area contributed by atoms with Crippen molar-refractivity contribution in [3.63, 3.8) is 0 Å². The Balaban J connectivity index is 2.00. The zero-order chi connectivity index (χ0) is 10.5. The molecular formula is C11H18N4. The van der Waals surface area contributed by atoms with Gasteiger partial charge in [-0.1, -0.05) is 0 Å². The predicted molar refractivity (Wildman–Crippen MR) is 57.2 cm³/mol. The minimum atomic E-state index is -0.261. The Morgan fingerprint density at radius 2 is 2.13 bits per heavy atom. The van der Waals surface area contributed by atoms with Crippen LogP contribution in [0, 0.1) is 5.92 Å². The maximum Gasteiger partial charge on any atom is 0.153 e. The van der Waals surface area contributed by atoms with Crippen molar-refractivity contribution in [2.45, 2.75) is 51.1 Å². The van der Waals surface area contributed by atoms with E-state index in [9.17, 15) is 0 Å². The van der Waals surface area contributed by atoms with Crippen molar-refractivity contribution in [1.82, 2.24) is 14.8 Å². The fourth-order valence-electron chi connectivity index (χ4n) is 2.57. The van der Waals surface area contributed by atoms with E-state index in [1.165, 1.54) is 25.7 Å². The third-order valence-corrected chi connectivity index (χ3v) is 3.77. The van der Waals surface area contributed by atoms with Crippen LogP contribution < -0.4 is 5.73 Å². The van der Waals surface area contributed by atoms with Crippen LogP contribution in [0.5, 0.6) is 0 Å². The van der Waals surface area contributed by atoms with E-state index in [2.05, 4.69) is 21.7 Å². The molecule has 4 heteroatoms. The number of hydrogen-bond acceptors (Lipinski definition) is 3. The molecule has 3 rings (SSSR count). The molecule has 1 atom stereocenters. The molecule has 1 aliphatic carbocycles. The molecular weight excluding hydrogens is 188 g/mol. The second kappa shape index (κ2) is 3.04. The van der Waals surface area contributed by atoms with E-state index in [-0.39, 0.29) is 5.54 Å². The second-order valence-electron chi connectivity index (χ2n) is 5.11. The molecule has 0 spiro atoms. The summed E-state index contributed by atoms with van der Waals surface area (Å²) in [5.41, 5.74) is 6.13. The van der Waals surface area contributed by atoms with Crippen molar-refractivity contribution in [3.05, 3.63) is 11.6 Å². The maximum atomic E-state index is 6.39. The Labute approximate surface area is 89.9 Å². The number of nitrogens with zero attached hydrogens (tertiary/aromatic N) is 3. The summed E-state index contributed by atoms with van der Waals surface area (Å²) in [6.07, 6.45) is 6.03. The molecule has 1 fully saturated rings. The van der Waals surface area contributed by atoms with Gasteiger partial charge in [-0.2, -0.15) is 0 Å². The minimum Gasteiger partial charge on any atom is -0.319 e. The molecule has 0 bridgehead atoms. The summed E-state index contributed by atoms with van der Waals surface area (Å²) in [4.78, 5) is 0. The maximum absolute atomic E-state index is 6.39. The van der Waals surface area contributed by atoms with Gasteiger partial charge in [0, 0.05) is 13.0 Å². The van der Waals surface area contributed by atoms with Gasteiger partial charge in [0.25, 0.3) is 0 Å². The Morgan fingerprint density at radius 3 is 2.87 bits per heavy atom. The summed E-state index contributed by atoms with van der Waals surface area (Å²) in [6.45, 7) is 3.16. The first-order chi connectivity index (χ1) is 7.19. The van der Waals surface area contributed by atoms with Crippen LogP contribution in [-0.4, -0.2) is 14.8 Å². The third kappa shape index (κ3) is 1.39. The summed E-state index contributed by atoms with van der Waals surface area (Å²) in [6, 6.07) is 0. The molecule has 1 aliphatic heterocycles. The van der Waals surface area contributed by atoms with Gasteiger partial charge in [-0.3, -0.25) is 0 Å². The molecule has 0 saturated heterocycles. The SMILES string of the molecule is CC(N)(c1nnc2n1CCCC2)C1CC1. The molecule has 4 nitrogen and oxygen atoms in total. The van der Waals surface area contributed by atoms with E-state index in [1.54, 1.807) is 0 Å². The van der Waals surface area contributed by atoms with Crippen molar-refractivity contribution < 1.29 is 0 Å². The van der Waals surface area contributed by atoms with Crippen molar-refractivity contribution >= 4 is 0 Å². The van der Waals surface area contributed by atoms with Gasteiger partial charge in [-0.15, -0.1) is 10.2 Å². The predicted octanol–water partition coefficient (Wildman–Crippen LogP) is 1.20. The fourth-order valence-corrected chi connectivity index (χ4v) is 2.57. The minimum absolute atomic E-state index is 0.261. The summed E-state index contributed by atoms with van der Waals surface area (Å²) in [7, 11) is 0. The molecule has 82 valence electrons. The molecule has 15 heavy (non-hydrogen) atoms. The van der Waals surface area contributed by atoms with Crippen LogP contribution >= 0.6 is 0 Å². The topological polar surface area (TPSA) is 56.7 Å². The summed E-state index contributed by atoms with van der Waals surface area (Å²) < 4.78 is 2.25. The van der Waals surface area contributed by atoms with E-state index < -0.39 is 0 Å². The zero-order valence-corrected chi connectivity index (χ0v) is 9.24. The first kappa shape index (κ1) is 9.33. The average molecular weight is 206 g/mol. The first-order valence-electron chi connectivity index (χ1n) is 5.91. The summed E-state index contributed by atoms with van der Waals surface area (Å²) >= 11 is 0. The zero-order valence-electron chi connectivity index (χ0n) is 9.24. The number of rotatable bonds is 2. The molecule has 0 radical (unpaired) electrons. The number of hydrogen-bond donors (Lipinski definition) is 1. The van der Waals surface area contributed by atoms with Crippen molar-refractivity contribution in [2.75, 3.05) is 0 Å². The molecule has 1 aromatic heterocycles. The lowest BCUT2D eigenvalue weighted by molar-refractivity contribution is 0.367. The number of fused-ring (bicyclic) bond motifs is 1. The van der Waals surface area contributed by atoms with Crippen LogP contribution in [0.3, 0.4) is 0 Å². The van der Waals surface area contributed by atoms with Gasteiger partial charge >= 0.3 is 0 Å². The van der Waals surface area contributed by atoms with Gasteiger partial charge in [0.15, 0.2) is 5.82 Å². The van der Waals surface area contributed by atoms with Gasteiger partial charge in [-0.05, 0) is 38.5 Å². The van der Waals surface area contributed by atoms with Gasteiger partial charge < -0.3 is 10.3 Å². The number of aromatic nitrogens is 3. The summed E-state index contributed by atoms with van der Waals surface area (Å²) in [5.74, 6) is 2.76. The highest BCUT2D eigenvalue weighted by Crippen LogP contribution is 2.43. The van der Waals surface area contributed by atoms with Gasteiger partial charge in [0.05, 0.1) is 5.54 Å². The van der Waals surface area contributed by atoms with E-state index in [1.807, 2.05) is 0 Å². The Bertz CT molecular complexity index is 376. The second-order valence-corrected chi connectivity index (χ2v) is 5.11. The van der Waals surface area contributed by atoms with Crippen molar-refractivity contribution in [2.24, 2.45) is 11.7 Å². The highest BCUT2D eigenvalue weighted by molar-refractivity contribution is 5.13. The largest absolute Gasteiger partial charge is 0.319 e. The third-order valence-electron chi connectivity index (χ3n) is 3.77. The molecule has 0 aromatic carbocycles. The molecule has 2 N–H and O–H groups in total. The lowest BCUT2D eigenvalue weighted by Crippen LogP contribution is -2.39. The molecule has 1 unspecified atom stereocenters. The molecule has 2 aliphatic rings. The van der Waals surface area contributed by atoms with Crippen LogP contribution in [-0.2, 0) is 18.5 Å². The number of aryl methyl sites for hydroxylation is 1.